The molecule has 0 radical (unpaired) electrons. The van der Waals surface area contributed by atoms with Crippen molar-refractivity contribution in [3.8, 4) is 0 Å². The minimum Gasteiger partial charge on any atom is -0.306 e. The Morgan fingerprint density at radius 1 is 1.12 bits per heavy atom. The summed E-state index contributed by atoms with van der Waals surface area (Å²) in [5.41, 5.74) is 1.88. The van der Waals surface area contributed by atoms with Crippen LogP contribution in [0.15, 0.2) is 42.5 Å². The fraction of sp³-hybridized carbons (Fsp3) is 0.536. The van der Waals surface area contributed by atoms with Crippen LogP contribution in [0, 0.1) is 30.5 Å². The number of rotatable bonds is 4. The van der Waals surface area contributed by atoms with Crippen LogP contribution < -0.4 is 0 Å². The van der Waals surface area contributed by atoms with Gasteiger partial charge in [-0.1, -0.05) is 88.5 Å². The van der Waals surface area contributed by atoms with Crippen molar-refractivity contribution in [3.63, 3.8) is 0 Å². The van der Waals surface area contributed by atoms with Crippen LogP contribution in [0.1, 0.15) is 58.6 Å². The third kappa shape index (κ3) is 14.4. The number of hydrogen-bond donors (Lipinski definition) is 0. The molecular weight excluding hydrogens is 456 g/mol. The summed E-state index contributed by atoms with van der Waals surface area (Å²) in [6.45, 7) is 14.9. The molecule has 1 aliphatic heterocycles. The van der Waals surface area contributed by atoms with Crippen LogP contribution in [0.2, 0.25) is 10.0 Å². The molecule has 1 saturated heterocycles. The van der Waals surface area contributed by atoms with Gasteiger partial charge in [0.05, 0.1) is 5.02 Å². The quantitative estimate of drug-likeness (QED) is 0.394. The van der Waals surface area contributed by atoms with E-state index in [4.69, 9.17) is 23.2 Å². The van der Waals surface area contributed by atoms with Gasteiger partial charge in [0.1, 0.15) is 12.1 Å². The summed E-state index contributed by atoms with van der Waals surface area (Å²) in [5, 5.41) is 1.02. The molecule has 2 aromatic rings. The van der Waals surface area contributed by atoms with E-state index >= 15 is 0 Å². The summed E-state index contributed by atoms with van der Waals surface area (Å²) in [6.07, 6.45) is 4.37. The van der Waals surface area contributed by atoms with Crippen LogP contribution in [0.3, 0.4) is 0 Å². The molecule has 0 bridgehead atoms. The van der Waals surface area contributed by atoms with Crippen molar-refractivity contribution in [2.24, 2.45) is 17.8 Å². The van der Waals surface area contributed by atoms with E-state index in [2.05, 4.69) is 25.8 Å². The van der Waals surface area contributed by atoms with Crippen molar-refractivity contribution in [1.82, 2.24) is 4.90 Å². The van der Waals surface area contributed by atoms with Crippen LogP contribution >= 0.6 is 23.2 Å². The fourth-order valence-electron chi connectivity index (χ4n) is 3.19. The first-order chi connectivity index (χ1) is 15.5. The van der Waals surface area contributed by atoms with E-state index in [0.717, 1.165) is 23.1 Å². The Balaban J connectivity index is 0.000000426. The zero-order valence-electron chi connectivity index (χ0n) is 21.4. The number of aldehydes is 1. The minimum atomic E-state index is -0.285. The summed E-state index contributed by atoms with van der Waals surface area (Å²) in [7, 11) is 2.22. The lowest BCUT2D eigenvalue weighted by molar-refractivity contribution is -0.110. The third-order valence-corrected chi connectivity index (χ3v) is 6.07. The molecule has 1 aliphatic rings. The maximum Gasteiger partial charge on any atom is 0.144 e. The van der Waals surface area contributed by atoms with Crippen molar-refractivity contribution in [1.29, 1.82) is 0 Å². The first kappa shape index (κ1) is 31.6. The molecule has 3 rings (SSSR count). The van der Waals surface area contributed by atoms with E-state index in [1.54, 1.807) is 18.2 Å². The Morgan fingerprint density at radius 2 is 1.73 bits per heavy atom. The molecule has 186 valence electrons. The SMILES string of the molecule is CC(C)C=O.CCC(C)C1CCN(C)C1.CCc1cccc(Cl)c1F.Cc1cccc(Cl)c1. The van der Waals surface area contributed by atoms with Crippen LogP contribution in [0.25, 0.3) is 0 Å². The van der Waals surface area contributed by atoms with Crippen molar-refractivity contribution < 1.29 is 9.18 Å². The first-order valence-corrected chi connectivity index (χ1v) is 12.6. The number of likely N-dealkylation sites (tertiary alicyclic amines) is 1. The van der Waals surface area contributed by atoms with Gasteiger partial charge in [0.15, 0.2) is 0 Å². The molecule has 0 aliphatic carbocycles. The number of carbonyl (C=O) groups is 1. The number of benzene rings is 2. The average molecular weight is 499 g/mol. The average Bonchev–Trinajstić information content (AvgIpc) is 3.22. The molecule has 2 aromatic carbocycles. The second-order valence-electron chi connectivity index (χ2n) is 8.94. The normalized spacial score (nSPS) is 15.9. The topological polar surface area (TPSA) is 20.3 Å². The Labute approximate surface area is 211 Å². The molecule has 0 amide bonds. The number of aryl methyl sites for hydroxylation is 2. The molecule has 1 heterocycles. The van der Waals surface area contributed by atoms with Crippen molar-refractivity contribution in [2.45, 2.75) is 60.8 Å². The van der Waals surface area contributed by atoms with E-state index < -0.39 is 0 Å². The maximum absolute atomic E-state index is 12.9. The van der Waals surface area contributed by atoms with Crippen LogP contribution in [0.5, 0.6) is 0 Å². The molecule has 5 heteroatoms. The van der Waals surface area contributed by atoms with E-state index in [1.807, 2.05) is 52.0 Å². The van der Waals surface area contributed by atoms with Crippen molar-refractivity contribution >= 4 is 29.5 Å². The van der Waals surface area contributed by atoms with Gasteiger partial charge >= 0.3 is 0 Å². The summed E-state index contributed by atoms with van der Waals surface area (Å²) in [5.74, 6) is 1.83. The standard InChI is InChI=1S/C9H19N.C8H8ClF.C7H7Cl.C4H8O/c1-4-8(2)9-5-6-10(3)7-9;1-2-6-4-3-5-7(9)8(6)10;1-6-3-2-4-7(8)5-6;1-4(2)3-5/h8-9H,4-7H2,1-3H3;3-5H,2H2,1H3;2-5H,1H3;3-4H,1-2H3. The monoisotopic (exact) mass is 497 g/mol. The molecule has 33 heavy (non-hydrogen) atoms. The third-order valence-electron chi connectivity index (χ3n) is 5.54. The highest BCUT2D eigenvalue weighted by Gasteiger charge is 2.23. The molecule has 1 fully saturated rings. The molecular formula is C28H42Cl2FNO. The molecule has 0 aromatic heterocycles. The molecule has 0 spiro atoms. The second kappa shape index (κ2) is 18.0. The van der Waals surface area contributed by atoms with Crippen LogP contribution in [0.4, 0.5) is 4.39 Å². The van der Waals surface area contributed by atoms with Crippen LogP contribution in [-0.2, 0) is 11.2 Å². The Hall–Kier alpha value is -1.42. The number of halogens is 3. The summed E-state index contributed by atoms with van der Waals surface area (Å²) < 4.78 is 12.9. The minimum absolute atomic E-state index is 0.204. The van der Waals surface area contributed by atoms with Gasteiger partial charge in [0, 0.05) is 17.5 Å². The van der Waals surface area contributed by atoms with Gasteiger partial charge in [-0.15, -0.1) is 0 Å². The van der Waals surface area contributed by atoms with Crippen molar-refractivity contribution in [3.05, 3.63) is 69.5 Å². The summed E-state index contributed by atoms with van der Waals surface area (Å²) >= 11 is 11.2. The van der Waals surface area contributed by atoms with E-state index in [0.29, 0.717) is 12.0 Å². The lowest BCUT2D eigenvalue weighted by Gasteiger charge is -2.16. The van der Waals surface area contributed by atoms with Gasteiger partial charge in [-0.25, -0.2) is 4.39 Å². The van der Waals surface area contributed by atoms with Gasteiger partial charge in [-0.3, -0.25) is 0 Å². The maximum atomic E-state index is 12.9. The summed E-state index contributed by atoms with van der Waals surface area (Å²) in [6, 6.07) is 12.8. The lowest BCUT2D eigenvalue weighted by atomic mass is 9.91. The van der Waals surface area contributed by atoms with Crippen LogP contribution in [-0.4, -0.2) is 31.3 Å². The van der Waals surface area contributed by atoms with Gasteiger partial charge in [-0.2, -0.15) is 0 Å². The summed E-state index contributed by atoms with van der Waals surface area (Å²) in [4.78, 5) is 11.9. The van der Waals surface area contributed by atoms with Gasteiger partial charge in [-0.05, 0) is 74.5 Å². The molecule has 0 N–H and O–H groups in total. The zero-order valence-corrected chi connectivity index (χ0v) is 22.9. The van der Waals surface area contributed by atoms with Gasteiger partial charge in [0.2, 0.25) is 0 Å². The predicted octanol–water partition coefficient (Wildman–Crippen LogP) is 8.52. The van der Waals surface area contributed by atoms with Gasteiger partial charge < -0.3 is 9.69 Å². The Kier molecular flexibility index (Phi) is 17.2. The number of nitrogens with zero attached hydrogens (tertiary/aromatic N) is 1. The highest BCUT2D eigenvalue weighted by atomic mass is 35.5. The Bertz CT molecular complexity index is 780. The molecule has 0 saturated carbocycles. The number of carbonyl (C=O) groups excluding carboxylic acids is 1. The largest absolute Gasteiger partial charge is 0.306 e. The predicted molar refractivity (Wildman–Crippen MR) is 143 cm³/mol. The smallest absolute Gasteiger partial charge is 0.144 e. The lowest BCUT2D eigenvalue weighted by Crippen LogP contribution is -2.17. The molecule has 2 atom stereocenters. The van der Waals surface area contributed by atoms with Crippen molar-refractivity contribution in [2.75, 3.05) is 20.1 Å². The van der Waals surface area contributed by atoms with E-state index in [1.165, 1.54) is 31.5 Å². The molecule has 2 unspecified atom stereocenters. The second-order valence-corrected chi connectivity index (χ2v) is 9.79. The Morgan fingerprint density at radius 3 is 2.09 bits per heavy atom. The van der Waals surface area contributed by atoms with E-state index in [9.17, 15) is 9.18 Å². The fourth-order valence-corrected chi connectivity index (χ4v) is 3.63. The number of hydrogen-bond acceptors (Lipinski definition) is 2. The highest BCUT2D eigenvalue weighted by molar-refractivity contribution is 6.31. The molecule has 2 nitrogen and oxygen atoms in total. The highest BCUT2D eigenvalue weighted by Crippen LogP contribution is 2.24. The van der Waals surface area contributed by atoms with E-state index in [-0.39, 0.29) is 16.8 Å². The zero-order chi connectivity index (χ0) is 25.4. The van der Waals surface area contributed by atoms with Gasteiger partial charge in [0.25, 0.3) is 0 Å². The first-order valence-electron chi connectivity index (χ1n) is 11.8.